The third-order valence-electron chi connectivity index (χ3n) is 4.37. The largest absolute Gasteiger partial charge is 0.351 e. The zero-order chi connectivity index (χ0) is 19.7. The van der Waals surface area contributed by atoms with Crippen molar-refractivity contribution in [2.45, 2.75) is 33.2 Å². The van der Waals surface area contributed by atoms with Gasteiger partial charge in [0.25, 0.3) is 12.3 Å². The summed E-state index contributed by atoms with van der Waals surface area (Å²) in [6, 6.07) is 4.47. The first-order chi connectivity index (χ1) is 12.8. The highest BCUT2D eigenvalue weighted by Crippen LogP contribution is 2.31. The maximum Gasteiger partial charge on any atom is 0.319 e. The van der Waals surface area contributed by atoms with E-state index in [4.69, 9.17) is 5.73 Å². The third kappa shape index (κ3) is 3.76. The van der Waals surface area contributed by atoms with Gasteiger partial charge in [0.1, 0.15) is 5.69 Å². The van der Waals surface area contributed by atoms with Gasteiger partial charge in [-0.3, -0.25) is 14.4 Å². The van der Waals surface area contributed by atoms with E-state index in [2.05, 4.69) is 10.4 Å². The molecular formula is C18H21F2N5O2. The van der Waals surface area contributed by atoms with Gasteiger partial charge < -0.3 is 11.1 Å². The lowest BCUT2D eigenvalue weighted by Crippen LogP contribution is -2.33. The molecule has 0 saturated heterocycles. The van der Waals surface area contributed by atoms with E-state index in [0.717, 1.165) is 5.56 Å². The van der Waals surface area contributed by atoms with Crippen molar-refractivity contribution in [3.05, 3.63) is 41.2 Å². The van der Waals surface area contributed by atoms with Crippen molar-refractivity contribution in [3.63, 3.8) is 0 Å². The van der Waals surface area contributed by atoms with E-state index in [0.29, 0.717) is 30.9 Å². The van der Waals surface area contributed by atoms with Crippen LogP contribution in [-0.4, -0.2) is 28.3 Å². The standard InChI is InChI=1S/C18H21F2N5O2/c1-10(2)9-25-15(16(19)20)13(8-22-25)17(26)23-12-3-4-14-11(7-12)5-6-24(14)18(21)27/h3-4,7-8,10,16H,5-6,9H2,1-2H3,(H2,21,27)(H,23,26). The number of nitrogens with zero attached hydrogens (tertiary/aromatic N) is 3. The predicted octanol–water partition coefficient (Wildman–Crippen LogP) is 3.17. The predicted molar refractivity (Wildman–Crippen MR) is 97.1 cm³/mol. The smallest absolute Gasteiger partial charge is 0.319 e. The minimum atomic E-state index is -2.81. The number of carbonyl (C=O) groups excluding carboxylic acids is 2. The Morgan fingerprint density at radius 2 is 2.07 bits per heavy atom. The fraction of sp³-hybridized carbons (Fsp3) is 0.389. The number of benzene rings is 1. The van der Waals surface area contributed by atoms with E-state index < -0.39 is 18.4 Å². The quantitative estimate of drug-likeness (QED) is 0.838. The second-order valence-corrected chi connectivity index (χ2v) is 6.86. The van der Waals surface area contributed by atoms with E-state index in [1.807, 2.05) is 13.8 Å². The van der Waals surface area contributed by atoms with Crippen molar-refractivity contribution in [2.75, 3.05) is 16.8 Å². The van der Waals surface area contributed by atoms with Gasteiger partial charge >= 0.3 is 6.03 Å². The molecule has 9 heteroatoms. The molecule has 0 unspecified atom stereocenters. The van der Waals surface area contributed by atoms with Crippen molar-refractivity contribution < 1.29 is 18.4 Å². The fourth-order valence-electron chi connectivity index (χ4n) is 3.20. The molecule has 3 N–H and O–H groups in total. The molecule has 1 aromatic heterocycles. The molecule has 3 rings (SSSR count). The molecule has 0 fully saturated rings. The summed E-state index contributed by atoms with van der Waals surface area (Å²) in [6.07, 6.45) is -1.03. The van der Waals surface area contributed by atoms with Gasteiger partial charge in [-0.15, -0.1) is 0 Å². The van der Waals surface area contributed by atoms with Crippen LogP contribution in [0.15, 0.2) is 24.4 Å². The number of carbonyl (C=O) groups is 2. The van der Waals surface area contributed by atoms with Gasteiger partial charge in [0.2, 0.25) is 0 Å². The third-order valence-corrected chi connectivity index (χ3v) is 4.37. The van der Waals surface area contributed by atoms with E-state index in [1.54, 1.807) is 18.2 Å². The van der Waals surface area contributed by atoms with Crippen LogP contribution in [0.2, 0.25) is 0 Å². The van der Waals surface area contributed by atoms with Crippen molar-refractivity contribution in [2.24, 2.45) is 11.7 Å². The van der Waals surface area contributed by atoms with Gasteiger partial charge in [-0.25, -0.2) is 13.6 Å². The van der Waals surface area contributed by atoms with Gasteiger partial charge in [0.05, 0.1) is 11.8 Å². The number of urea groups is 1. The second-order valence-electron chi connectivity index (χ2n) is 6.86. The zero-order valence-corrected chi connectivity index (χ0v) is 15.1. The lowest BCUT2D eigenvalue weighted by atomic mass is 10.1. The van der Waals surface area contributed by atoms with Crippen LogP contribution in [0, 0.1) is 5.92 Å². The van der Waals surface area contributed by atoms with Crippen LogP contribution in [0.1, 0.15) is 41.9 Å². The Bertz CT molecular complexity index is 879. The number of anilines is 2. The summed E-state index contributed by atoms with van der Waals surface area (Å²) < 4.78 is 28.1. The Kier molecular flexibility index (Phi) is 5.11. The number of nitrogens with two attached hydrogens (primary N) is 1. The maximum absolute atomic E-state index is 13.5. The Labute approximate surface area is 155 Å². The molecule has 1 aliphatic heterocycles. The fourth-order valence-corrected chi connectivity index (χ4v) is 3.20. The summed E-state index contributed by atoms with van der Waals surface area (Å²) in [5.41, 5.74) is 6.80. The Morgan fingerprint density at radius 3 is 2.70 bits per heavy atom. The minimum Gasteiger partial charge on any atom is -0.351 e. The average Bonchev–Trinajstić information content (AvgIpc) is 3.17. The van der Waals surface area contributed by atoms with E-state index in [-0.39, 0.29) is 17.2 Å². The molecule has 7 nitrogen and oxygen atoms in total. The number of hydrogen-bond acceptors (Lipinski definition) is 3. The van der Waals surface area contributed by atoms with Crippen LogP contribution < -0.4 is 16.0 Å². The minimum absolute atomic E-state index is 0.114. The number of aromatic nitrogens is 2. The summed E-state index contributed by atoms with van der Waals surface area (Å²) in [7, 11) is 0. The normalized spacial score (nSPS) is 13.3. The molecular weight excluding hydrogens is 356 g/mol. The molecule has 0 saturated carbocycles. The first-order valence-corrected chi connectivity index (χ1v) is 8.63. The molecule has 1 aliphatic rings. The molecule has 0 atom stereocenters. The molecule has 0 spiro atoms. The Balaban J connectivity index is 1.82. The lowest BCUT2D eigenvalue weighted by molar-refractivity contribution is 0.100. The molecule has 0 bridgehead atoms. The molecule has 1 aromatic carbocycles. The van der Waals surface area contributed by atoms with E-state index >= 15 is 0 Å². The lowest BCUT2D eigenvalue weighted by Gasteiger charge is -2.14. The van der Waals surface area contributed by atoms with E-state index in [9.17, 15) is 18.4 Å². The van der Waals surface area contributed by atoms with Gasteiger partial charge in [-0.2, -0.15) is 5.10 Å². The van der Waals surface area contributed by atoms with Gasteiger partial charge in [-0.05, 0) is 36.1 Å². The van der Waals surface area contributed by atoms with Gasteiger partial charge in [-0.1, -0.05) is 13.8 Å². The van der Waals surface area contributed by atoms with Crippen molar-refractivity contribution >= 4 is 23.3 Å². The molecule has 0 aliphatic carbocycles. The Morgan fingerprint density at radius 1 is 1.33 bits per heavy atom. The second kappa shape index (κ2) is 7.34. The number of alkyl halides is 2. The molecule has 27 heavy (non-hydrogen) atoms. The first kappa shape index (κ1) is 18.8. The average molecular weight is 377 g/mol. The van der Waals surface area contributed by atoms with Crippen molar-refractivity contribution in [3.8, 4) is 0 Å². The molecule has 3 amide bonds. The first-order valence-electron chi connectivity index (χ1n) is 8.63. The number of primary amides is 1. The topological polar surface area (TPSA) is 93.2 Å². The summed E-state index contributed by atoms with van der Waals surface area (Å²) in [5.74, 6) is -0.534. The SMILES string of the molecule is CC(C)Cn1ncc(C(=O)Nc2ccc3c(c2)CCN3C(N)=O)c1C(F)F. The van der Waals surface area contributed by atoms with Crippen LogP contribution in [0.3, 0.4) is 0 Å². The number of halogens is 2. The number of amides is 3. The molecule has 144 valence electrons. The summed E-state index contributed by atoms with van der Waals surface area (Å²) >= 11 is 0. The number of hydrogen-bond donors (Lipinski definition) is 2. The van der Waals surface area contributed by atoms with Crippen LogP contribution in [0.25, 0.3) is 0 Å². The van der Waals surface area contributed by atoms with Crippen LogP contribution in [-0.2, 0) is 13.0 Å². The monoisotopic (exact) mass is 377 g/mol. The summed E-state index contributed by atoms with van der Waals surface area (Å²) in [4.78, 5) is 25.4. The van der Waals surface area contributed by atoms with E-state index in [1.165, 1.54) is 15.8 Å². The van der Waals surface area contributed by atoms with Crippen molar-refractivity contribution in [1.29, 1.82) is 0 Å². The van der Waals surface area contributed by atoms with Gasteiger partial charge in [0, 0.05) is 24.5 Å². The Hall–Kier alpha value is -2.97. The maximum atomic E-state index is 13.5. The number of fused-ring (bicyclic) bond motifs is 1. The van der Waals surface area contributed by atoms with Crippen LogP contribution >= 0.6 is 0 Å². The number of nitrogens with one attached hydrogen (secondary N) is 1. The zero-order valence-electron chi connectivity index (χ0n) is 15.1. The molecule has 2 heterocycles. The molecule has 0 radical (unpaired) electrons. The summed E-state index contributed by atoms with van der Waals surface area (Å²) in [5, 5.41) is 6.58. The molecule has 2 aromatic rings. The van der Waals surface area contributed by atoms with Gasteiger partial charge in [0.15, 0.2) is 0 Å². The van der Waals surface area contributed by atoms with Crippen LogP contribution in [0.4, 0.5) is 25.0 Å². The highest BCUT2D eigenvalue weighted by Gasteiger charge is 2.26. The summed E-state index contributed by atoms with van der Waals surface area (Å²) in [6.45, 7) is 4.54. The van der Waals surface area contributed by atoms with Crippen LogP contribution in [0.5, 0.6) is 0 Å². The number of rotatable bonds is 5. The highest BCUT2D eigenvalue weighted by molar-refractivity contribution is 6.05. The van der Waals surface area contributed by atoms with Crippen molar-refractivity contribution in [1.82, 2.24) is 9.78 Å². The highest BCUT2D eigenvalue weighted by atomic mass is 19.3.